The summed E-state index contributed by atoms with van der Waals surface area (Å²) in [6, 6.07) is 2.01. The lowest BCUT2D eigenvalue weighted by Crippen LogP contribution is -2.18. The molecule has 0 atom stereocenters. The minimum atomic E-state index is 0.391. The highest BCUT2D eigenvalue weighted by Gasteiger charge is 2.15. The summed E-state index contributed by atoms with van der Waals surface area (Å²) in [5.74, 6) is 1.70. The van der Waals surface area contributed by atoms with Gasteiger partial charge in [-0.1, -0.05) is 13.8 Å². The van der Waals surface area contributed by atoms with Crippen LogP contribution in [0.25, 0.3) is 16.9 Å². The van der Waals surface area contributed by atoms with E-state index in [9.17, 15) is 0 Å². The van der Waals surface area contributed by atoms with Crippen LogP contribution in [0.3, 0.4) is 0 Å². The second-order valence-electron chi connectivity index (χ2n) is 6.83. The van der Waals surface area contributed by atoms with Crippen LogP contribution in [0.15, 0.2) is 37.1 Å². The van der Waals surface area contributed by atoms with Gasteiger partial charge < -0.3 is 19.8 Å². The molecule has 0 aliphatic carbocycles. The summed E-state index contributed by atoms with van der Waals surface area (Å²) < 4.78 is 7.53. The largest absolute Gasteiger partial charge is 0.474 e. The number of pyridine rings is 1. The summed E-state index contributed by atoms with van der Waals surface area (Å²) in [6.45, 7) is 5.66. The molecule has 9 heteroatoms. The van der Waals surface area contributed by atoms with E-state index in [0.29, 0.717) is 24.2 Å². The molecule has 2 N–H and O–H groups in total. The molecule has 0 aromatic carbocycles. The van der Waals surface area contributed by atoms with Crippen molar-refractivity contribution < 1.29 is 4.74 Å². The topological polar surface area (TPSA) is 89.3 Å². The molecule has 0 radical (unpaired) electrons. The monoisotopic (exact) mass is 393 g/mol. The van der Waals surface area contributed by atoms with Crippen LogP contribution in [-0.2, 0) is 0 Å². The molecule has 28 heavy (non-hydrogen) atoms. The number of imidazole rings is 1. The van der Waals surface area contributed by atoms with E-state index in [2.05, 4.69) is 39.4 Å². The Hall–Kier alpha value is -3.20. The summed E-state index contributed by atoms with van der Waals surface area (Å²) in [5, 5.41) is 8.73. The van der Waals surface area contributed by atoms with Gasteiger partial charge in [-0.25, -0.2) is 19.9 Å². The minimum Gasteiger partial charge on any atom is -0.474 e. The van der Waals surface area contributed by atoms with Gasteiger partial charge in [-0.05, 0) is 6.07 Å². The molecule has 0 spiro atoms. The van der Waals surface area contributed by atoms with Crippen LogP contribution in [0.1, 0.15) is 24.8 Å². The van der Waals surface area contributed by atoms with Gasteiger partial charge in [0.1, 0.15) is 11.6 Å². The lowest BCUT2D eigenvalue weighted by molar-refractivity contribution is 0.310. The highest BCUT2D eigenvalue weighted by molar-refractivity contribution is 7.15. The summed E-state index contributed by atoms with van der Waals surface area (Å²) >= 11 is 1.63. The Bertz CT molecular complexity index is 1150. The lowest BCUT2D eigenvalue weighted by atomic mass is 10.2. The van der Waals surface area contributed by atoms with E-state index in [0.717, 1.165) is 39.1 Å². The van der Waals surface area contributed by atoms with Crippen molar-refractivity contribution in [2.24, 2.45) is 0 Å². The van der Waals surface area contributed by atoms with Gasteiger partial charge >= 0.3 is 0 Å². The Morgan fingerprint density at radius 2 is 2.18 bits per heavy atom. The predicted molar refractivity (Wildman–Crippen MR) is 110 cm³/mol. The molecule has 8 nitrogen and oxygen atoms in total. The number of ether oxygens (including phenoxy) is 1. The highest BCUT2D eigenvalue weighted by atomic mass is 32.1. The van der Waals surface area contributed by atoms with Crippen LogP contribution in [0, 0.1) is 0 Å². The Balaban J connectivity index is 1.55. The molecule has 1 aliphatic heterocycles. The SMILES string of the molecule is CC(C)c1ncc(Nc2nc(-c3cnc4c(c3)NCCO4)cn3ccnc23)s1. The molecule has 0 fully saturated rings. The molecule has 0 amide bonds. The molecule has 0 saturated heterocycles. The van der Waals surface area contributed by atoms with Gasteiger partial charge in [-0.3, -0.25) is 0 Å². The Kier molecular flexibility index (Phi) is 4.09. The van der Waals surface area contributed by atoms with E-state index in [1.54, 1.807) is 23.7 Å². The van der Waals surface area contributed by atoms with Crippen molar-refractivity contribution in [1.82, 2.24) is 24.3 Å². The lowest BCUT2D eigenvalue weighted by Gasteiger charge is -2.18. The zero-order chi connectivity index (χ0) is 19.1. The fourth-order valence-electron chi connectivity index (χ4n) is 3.05. The molecule has 5 heterocycles. The average molecular weight is 393 g/mol. The molecule has 4 aromatic heterocycles. The highest BCUT2D eigenvalue weighted by Crippen LogP contribution is 2.32. The maximum atomic E-state index is 5.57. The smallest absolute Gasteiger partial charge is 0.237 e. The molecule has 142 valence electrons. The molecule has 4 aromatic rings. The number of nitrogens with zero attached hydrogens (tertiary/aromatic N) is 5. The number of aromatic nitrogens is 5. The van der Waals surface area contributed by atoms with Crippen LogP contribution < -0.4 is 15.4 Å². The van der Waals surface area contributed by atoms with Crippen molar-refractivity contribution >= 4 is 33.5 Å². The molecule has 0 unspecified atom stereocenters. The van der Waals surface area contributed by atoms with Gasteiger partial charge in [0.2, 0.25) is 5.88 Å². The Morgan fingerprint density at radius 1 is 1.25 bits per heavy atom. The van der Waals surface area contributed by atoms with E-state index in [1.807, 2.05) is 29.1 Å². The van der Waals surface area contributed by atoms with E-state index >= 15 is 0 Å². The maximum absolute atomic E-state index is 5.57. The zero-order valence-electron chi connectivity index (χ0n) is 15.5. The zero-order valence-corrected chi connectivity index (χ0v) is 16.3. The molecular formula is C19H19N7OS. The van der Waals surface area contributed by atoms with Gasteiger partial charge in [-0.2, -0.15) is 0 Å². The summed E-state index contributed by atoms with van der Waals surface area (Å²) in [4.78, 5) is 18.2. The van der Waals surface area contributed by atoms with Crippen LogP contribution in [0.5, 0.6) is 5.88 Å². The van der Waals surface area contributed by atoms with Crippen molar-refractivity contribution in [2.45, 2.75) is 19.8 Å². The molecule has 1 aliphatic rings. The first kappa shape index (κ1) is 16.9. The van der Waals surface area contributed by atoms with Gasteiger partial charge in [0.15, 0.2) is 11.5 Å². The Morgan fingerprint density at radius 3 is 3.04 bits per heavy atom. The van der Waals surface area contributed by atoms with Crippen molar-refractivity contribution in [2.75, 3.05) is 23.8 Å². The third kappa shape index (κ3) is 3.03. The number of thiazole rings is 1. The number of hydrogen-bond donors (Lipinski definition) is 2. The molecule has 0 bridgehead atoms. The number of rotatable bonds is 4. The van der Waals surface area contributed by atoms with Crippen molar-refractivity contribution in [3.05, 3.63) is 42.1 Å². The molecule has 5 rings (SSSR count). The fourth-order valence-corrected chi connectivity index (χ4v) is 3.87. The average Bonchev–Trinajstić information content (AvgIpc) is 3.37. The summed E-state index contributed by atoms with van der Waals surface area (Å²) in [7, 11) is 0. The van der Waals surface area contributed by atoms with Crippen LogP contribution in [0.4, 0.5) is 16.5 Å². The van der Waals surface area contributed by atoms with E-state index in [1.165, 1.54) is 0 Å². The standard InChI is InChI=1S/C19H19N7OS/c1-11(2)19-23-9-15(28-19)25-16-17-21-3-5-26(17)10-14(24-16)12-7-13-18(22-8-12)27-6-4-20-13/h3,5,7-11,20H,4,6H2,1-2H3,(H,24,25). The first-order valence-corrected chi connectivity index (χ1v) is 9.92. The predicted octanol–water partition coefficient (Wildman–Crippen LogP) is 3.92. The number of nitrogens with one attached hydrogen (secondary N) is 2. The molecule has 0 saturated carbocycles. The number of fused-ring (bicyclic) bond motifs is 2. The van der Waals surface area contributed by atoms with E-state index in [4.69, 9.17) is 9.72 Å². The van der Waals surface area contributed by atoms with Crippen molar-refractivity contribution in [1.29, 1.82) is 0 Å². The second-order valence-corrected chi connectivity index (χ2v) is 7.89. The second kappa shape index (κ2) is 6.75. The third-order valence-electron chi connectivity index (χ3n) is 4.44. The van der Waals surface area contributed by atoms with Crippen molar-refractivity contribution in [3.8, 4) is 17.1 Å². The van der Waals surface area contributed by atoms with Gasteiger partial charge in [0.05, 0.1) is 22.6 Å². The first-order valence-electron chi connectivity index (χ1n) is 9.11. The third-order valence-corrected chi connectivity index (χ3v) is 5.65. The van der Waals surface area contributed by atoms with Gasteiger partial charge in [0.25, 0.3) is 0 Å². The summed E-state index contributed by atoms with van der Waals surface area (Å²) in [5.41, 5.74) is 3.34. The normalized spacial score (nSPS) is 13.2. The fraction of sp³-hybridized carbons (Fsp3) is 0.263. The van der Waals surface area contributed by atoms with Crippen LogP contribution >= 0.6 is 11.3 Å². The maximum Gasteiger partial charge on any atom is 0.237 e. The van der Waals surface area contributed by atoms with E-state index < -0.39 is 0 Å². The summed E-state index contributed by atoms with van der Waals surface area (Å²) in [6.07, 6.45) is 9.25. The van der Waals surface area contributed by atoms with E-state index in [-0.39, 0.29) is 0 Å². The first-order chi connectivity index (χ1) is 13.7. The van der Waals surface area contributed by atoms with Crippen molar-refractivity contribution in [3.63, 3.8) is 0 Å². The quantitative estimate of drug-likeness (QED) is 0.543. The Labute approximate surface area is 165 Å². The molecular weight excluding hydrogens is 374 g/mol. The van der Waals surface area contributed by atoms with Gasteiger partial charge in [0, 0.05) is 42.8 Å². The van der Waals surface area contributed by atoms with Crippen LogP contribution in [0.2, 0.25) is 0 Å². The number of hydrogen-bond acceptors (Lipinski definition) is 8. The van der Waals surface area contributed by atoms with Crippen LogP contribution in [-0.4, -0.2) is 37.5 Å². The number of anilines is 3. The minimum absolute atomic E-state index is 0.391. The van der Waals surface area contributed by atoms with Gasteiger partial charge in [-0.15, -0.1) is 11.3 Å².